The molecule has 5 nitrogen and oxygen atoms in total. The van der Waals surface area contributed by atoms with Gasteiger partial charge in [-0.3, -0.25) is 9.59 Å². The number of methoxy groups -OCH3 is 1. The summed E-state index contributed by atoms with van der Waals surface area (Å²) in [4.78, 5) is 26.9. The van der Waals surface area contributed by atoms with E-state index in [-0.39, 0.29) is 17.5 Å². The molecule has 2 aromatic carbocycles. The number of hydrogen-bond acceptors (Lipinski definition) is 4. The molecule has 2 heterocycles. The number of carbonyl (C=O) groups is 2. The van der Waals surface area contributed by atoms with E-state index in [4.69, 9.17) is 9.47 Å². The van der Waals surface area contributed by atoms with Crippen molar-refractivity contribution in [3.05, 3.63) is 65.5 Å². The fraction of sp³-hybridized carbons (Fsp3) is 0.304. The Morgan fingerprint density at radius 3 is 2.59 bits per heavy atom. The second-order valence-electron chi connectivity index (χ2n) is 7.46. The lowest BCUT2D eigenvalue weighted by Crippen LogP contribution is -2.52. The van der Waals surface area contributed by atoms with Gasteiger partial charge in [-0.05, 0) is 35.9 Å². The van der Waals surface area contributed by atoms with Crippen LogP contribution in [0.3, 0.4) is 0 Å². The van der Waals surface area contributed by atoms with E-state index in [1.54, 1.807) is 48.4 Å². The molecule has 1 amide bonds. The van der Waals surface area contributed by atoms with Gasteiger partial charge in [0, 0.05) is 38.1 Å². The van der Waals surface area contributed by atoms with E-state index in [1.807, 2.05) is 0 Å². The molecule has 0 N–H and O–H groups in total. The van der Waals surface area contributed by atoms with Gasteiger partial charge in [-0.2, -0.15) is 0 Å². The Kier molecular flexibility index (Phi) is 5.09. The molecule has 4 rings (SSSR count). The molecule has 2 aliphatic rings. The Morgan fingerprint density at radius 1 is 1.17 bits per heavy atom. The summed E-state index contributed by atoms with van der Waals surface area (Å²) in [6, 6.07) is 11.2. The maximum atomic E-state index is 13.0. The van der Waals surface area contributed by atoms with Crippen molar-refractivity contribution in [1.29, 1.82) is 0 Å². The minimum atomic E-state index is -0.575. The highest BCUT2D eigenvalue weighted by Crippen LogP contribution is 2.40. The van der Waals surface area contributed by atoms with Gasteiger partial charge in [-0.25, -0.2) is 4.39 Å². The number of carbonyl (C=O) groups excluding carboxylic acids is 2. The van der Waals surface area contributed by atoms with Crippen molar-refractivity contribution in [3.63, 3.8) is 0 Å². The van der Waals surface area contributed by atoms with Crippen molar-refractivity contribution in [3.8, 4) is 11.5 Å². The smallest absolute Gasteiger partial charge is 0.246 e. The number of halogens is 1. The first kappa shape index (κ1) is 19.2. The third kappa shape index (κ3) is 4.01. The summed E-state index contributed by atoms with van der Waals surface area (Å²) in [7, 11) is 1.58. The van der Waals surface area contributed by atoms with Crippen LogP contribution in [0.4, 0.5) is 4.39 Å². The first-order valence-electron chi connectivity index (χ1n) is 9.61. The molecule has 29 heavy (non-hydrogen) atoms. The average Bonchev–Trinajstić information content (AvgIpc) is 2.73. The van der Waals surface area contributed by atoms with Crippen molar-refractivity contribution in [2.24, 2.45) is 0 Å². The van der Waals surface area contributed by atoms with E-state index < -0.39 is 5.60 Å². The third-order valence-corrected chi connectivity index (χ3v) is 5.57. The minimum Gasteiger partial charge on any atom is -0.497 e. The Hall–Kier alpha value is -3.15. The normalized spacial score (nSPS) is 17.9. The molecule has 0 saturated carbocycles. The number of benzene rings is 2. The number of ether oxygens (including phenoxy) is 2. The molecule has 0 aromatic heterocycles. The summed E-state index contributed by atoms with van der Waals surface area (Å²) in [5.74, 6) is 0.845. The number of ketones is 1. The lowest BCUT2D eigenvalue weighted by Gasteiger charge is -2.43. The summed E-state index contributed by atoms with van der Waals surface area (Å²) in [5, 5.41) is 0. The zero-order chi connectivity index (χ0) is 20.4. The van der Waals surface area contributed by atoms with Crippen LogP contribution in [0.1, 0.15) is 35.2 Å². The van der Waals surface area contributed by atoms with Gasteiger partial charge >= 0.3 is 0 Å². The first-order chi connectivity index (χ1) is 14.0. The number of Topliss-reactive ketones (excluding diaryl/α,β-unsaturated/α-hetero) is 1. The van der Waals surface area contributed by atoms with E-state index in [1.165, 1.54) is 18.2 Å². The first-order valence-corrected chi connectivity index (χ1v) is 9.61. The summed E-state index contributed by atoms with van der Waals surface area (Å²) < 4.78 is 24.5. The zero-order valence-electron chi connectivity index (χ0n) is 16.2. The zero-order valence-corrected chi connectivity index (χ0v) is 16.2. The standard InChI is InChI=1S/C23H22FNO4/c1-28-18-7-8-19-20(26)15-23(29-21(19)14-18)10-12-25(13-11-23)22(27)9-4-16-2-5-17(24)6-3-16/h2-9,14H,10-13,15H2,1H3/b9-4+. The van der Waals surface area contributed by atoms with Crippen LogP contribution in [0.25, 0.3) is 6.08 Å². The van der Waals surface area contributed by atoms with Crippen LogP contribution in [0, 0.1) is 5.82 Å². The second kappa shape index (κ2) is 7.70. The van der Waals surface area contributed by atoms with Crippen molar-refractivity contribution in [1.82, 2.24) is 4.90 Å². The predicted molar refractivity (Wildman–Crippen MR) is 107 cm³/mol. The molecule has 2 aliphatic heterocycles. The highest BCUT2D eigenvalue weighted by atomic mass is 19.1. The molecule has 0 radical (unpaired) electrons. The Balaban J connectivity index is 1.41. The van der Waals surface area contributed by atoms with E-state index in [0.29, 0.717) is 49.4 Å². The average molecular weight is 395 g/mol. The molecule has 2 aromatic rings. The molecule has 0 atom stereocenters. The van der Waals surface area contributed by atoms with Gasteiger partial charge in [0.25, 0.3) is 0 Å². The Labute approximate surface area is 168 Å². The van der Waals surface area contributed by atoms with E-state index in [2.05, 4.69) is 0 Å². The molecular weight excluding hydrogens is 373 g/mol. The number of piperidine rings is 1. The molecule has 1 saturated heterocycles. The van der Waals surface area contributed by atoms with Crippen molar-refractivity contribution in [2.75, 3.05) is 20.2 Å². The van der Waals surface area contributed by atoms with Crippen LogP contribution >= 0.6 is 0 Å². The van der Waals surface area contributed by atoms with Crippen molar-refractivity contribution < 1.29 is 23.5 Å². The molecule has 0 bridgehead atoms. The largest absolute Gasteiger partial charge is 0.497 e. The van der Waals surface area contributed by atoms with E-state index in [0.717, 1.165) is 5.56 Å². The molecule has 6 heteroatoms. The quantitative estimate of drug-likeness (QED) is 0.741. The van der Waals surface area contributed by atoms with E-state index in [9.17, 15) is 14.0 Å². The van der Waals surface area contributed by atoms with Crippen molar-refractivity contribution >= 4 is 17.8 Å². The highest BCUT2D eigenvalue weighted by Gasteiger charge is 2.43. The third-order valence-electron chi connectivity index (χ3n) is 5.57. The van der Waals surface area contributed by atoms with Gasteiger partial charge in [0.2, 0.25) is 5.91 Å². The molecule has 1 fully saturated rings. The molecule has 1 spiro atoms. The summed E-state index contributed by atoms with van der Waals surface area (Å²) in [5.41, 5.74) is 0.769. The topological polar surface area (TPSA) is 55.8 Å². The minimum absolute atomic E-state index is 0.0601. The van der Waals surface area contributed by atoms with Gasteiger partial charge in [-0.15, -0.1) is 0 Å². The summed E-state index contributed by atoms with van der Waals surface area (Å²) in [6.45, 7) is 1.03. The number of likely N-dealkylation sites (tertiary alicyclic amines) is 1. The summed E-state index contributed by atoms with van der Waals surface area (Å²) >= 11 is 0. The number of hydrogen-bond donors (Lipinski definition) is 0. The predicted octanol–water partition coefficient (Wildman–Crippen LogP) is 3.87. The van der Waals surface area contributed by atoms with E-state index >= 15 is 0 Å². The van der Waals surface area contributed by atoms with Crippen LogP contribution in [0.2, 0.25) is 0 Å². The van der Waals surface area contributed by atoms with Crippen LogP contribution in [0.15, 0.2) is 48.5 Å². The Bertz CT molecular complexity index is 959. The maximum Gasteiger partial charge on any atom is 0.246 e. The summed E-state index contributed by atoms with van der Waals surface area (Å²) in [6.07, 6.45) is 4.67. The number of amides is 1. The molecule has 0 aliphatic carbocycles. The molecule has 0 unspecified atom stereocenters. The molecule has 150 valence electrons. The van der Waals surface area contributed by atoms with Crippen LogP contribution in [-0.4, -0.2) is 42.4 Å². The Morgan fingerprint density at radius 2 is 1.90 bits per heavy atom. The maximum absolute atomic E-state index is 13.0. The van der Waals surface area contributed by atoms with Crippen LogP contribution in [-0.2, 0) is 4.79 Å². The van der Waals surface area contributed by atoms with Gasteiger partial charge in [-0.1, -0.05) is 12.1 Å². The second-order valence-corrected chi connectivity index (χ2v) is 7.46. The van der Waals surface area contributed by atoms with Gasteiger partial charge in [0.1, 0.15) is 22.9 Å². The van der Waals surface area contributed by atoms with Gasteiger partial charge in [0.05, 0.1) is 19.1 Å². The fourth-order valence-electron chi connectivity index (χ4n) is 3.86. The SMILES string of the molecule is COc1ccc2c(c1)OC1(CCN(C(=O)/C=C/c3ccc(F)cc3)CC1)CC2=O. The number of rotatable bonds is 3. The fourth-order valence-corrected chi connectivity index (χ4v) is 3.86. The number of fused-ring (bicyclic) bond motifs is 1. The highest BCUT2D eigenvalue weighted by molar-refractivity contribution is 6.00. The lowest BCUT2D eigenvalue weighted by atomic mass is 9.82. The van der Waals surface area contributed by atoms with Crippen molar-refractivity contribution in [2.45, 2.75) is 24.9 Å². The van der Waals surface area contributed by atoms with Gasteiger partial charge in [0.15, 0.2) is 5.78 Å². The lowest BCUT2D eigenvalue weighted by molar-refractivity contribution is -0.129. The molecular formula is C23H22FNO4. The van der Waals surface area contributed by atoms with Gasteiger partial charge < -0.3 is 14.4 Å². The van der Waals surface area contributed by atoms with Crippen LogP contribution < -0.4 is 9.47 Å². The monoisotopic (exact) mass is 395 g/mol. The van der Waals surface area contributed by atoms with Crippen LogP contribution in [0.5, 0.6) is 11.5 Å². The number of nitrogens with zero attached hydrogens (tertiary/aromatic N) is 1.